The van der Waals surface area contributed by atoms with E-state index in [1.807, 2.05) is 27.7 Å². The lowest BCUT2D eigenvalue weighted by Gasteiger charge is -2.71. The number of aldehydes is 1. The first-order chi connectivity index (χ1) is 61.9. The van der Waals surface area contributed by atoms with Gasteiger partial charge in [-0.15, -0.1) is 0 Å². The van der Waals surface area contributed by atoms with Gasteiger partial charge >= 0.3 is 29.8 Å². The minimum atomic E-state index is -2.26. The van der Waals surface area contributed by atoms with Gasteiger partial charge in [-0.05, 0) is 123 Å². The second-order valence-electron chi connectivity index (χ2n) is 40.7. The molecule has 7 saturated heterocycles. The predicted molar refractivity (Wildman–Crippen MR) is 441 cm³/mol. The van der Waals surface area contributed by atoms with Crippen LogP contribution in [-0.2, 0) is 109 Å². The van der Waals surface area contributed by atoms with E-state index >= 15 is 4.79 Å². The van der Waals surface area contributed by atoms with Gasteiger partial charge in [0.15, 0.2) is 62.2 Å². The van der Waals surface area contributed by atoms with Crippen LogP contribution in [0.1, 0.15) is 186 Å². The first-order valence-corrected chi connectivity index (χ1v) is 46.3. The number of carbonyl (C=O) groups excluding carboxylic acids is 5. The Hall–Kier alpha value is -4.52. The molecular formula is C89H142O43. The molecule has 20 N–H and O–H groups in total. The molecule has 0 aromatic heterocycles. The molecule has 4 saturated carbocycles. The molecule has 7 aliphatic heterocycles. The van der Waals surface area contributed by atoms with E-state index in [4.69, 9.17) is 80.5 Å². The van der Waals surface area contributed by atoms with Gasteiger partial charge in [0, 0.05) is 19.8 Å². The fraction of sp³-hybridized carbons (Fsp3) is 0.910. The molecular weight excluding hydrogens is 1760 g/mol. The van der Waals surface area contributed by atoms with Gasteiger partial charge in [-0.2, -0.15) is 0 Å². The molecule has 0 unspecified atom stereocenters. The largest absolute Gasteiger partial charge is 0.479 e. The minimum absolute atomic E-state index is 0.0182. The average Bonchev–Trinajstić information content (AvgIpc) is 0.695. The molecule has 0 aromatic carbocycles. The maximum absolute atomic E-state index is 16.4. The number of aliphatic carboxylic acids is 1. The van der Waals surface area contributed by atoms with E-state index in [9.17, 15) is 126 Å². The normalized spacial score (nSPS) is 47.5. The van der Waals surface area contributed by atoms with Crippen LogP contribution in [0.5, 0.6) is 0 Å². The van der Waals surface area contributed by atoms with Crippen LogP contribution in [0.3, 0.4) is 0 Å². The number of allylic oxidation sites excluding steroid dienone is 2. The van der Waals surface area contributed by atoms with Crippen LogP contribution < -0.4 is 0 Å². The van der Waals surface area contributed by atoms with Crippen molar-refractivity contribution in [2.75, 3.05) is 26.4 Å². The van der Waals surface area contributed by atoms with E-state index in [1.165, 1.54) is 13.8 Å². The molecule has 0 amide bonds. The number of carboxylic acid groups (broad SMARTS) is 1. The van der Waals surface area contributed by atoms with Gasteiger partial charge < -0.3 is 187 Å². The molecule has 11 fully saturated rings. The zero-order valence-corrected chi connectivity index (χ0v) is 76.7. The Bertz CT molecular complexity index is 3920. The topological polar surface area (TPSA) is 664 Å². The third kappa shape index (κ3) is 20.8. The molecule has 43 heteroatoms. The second-order valence-corrected chi connectivity index (χ2v) is 40.7. The number of carboxylic acids is 1. The highest BCUT2D eigenvalue weighted by atomic mass is 16.8. The monoisotopic (exact) mass is 1900 g/mol. The number of aliphatic hydroxyl groups is 19. The average molecular weight is 1900 g/mol. The van der Waals surface area contributed by atoms with Crippen LogP contribution >= 0.6 is 0 Å². The molecule has 43 nitrogen and oxygen atoms in total. The molecule has 0 aromatic rings. The van der Waals surface area contributed by atoms with Crippen LogP contribution in [0, 0.1) is 62.1 Å². The number of esters is 4. The first-order valence-electron chi connectivity index (χ1n) is 46.3. The lowest BCUT2D eigenvalue weighted by Crippen LogP contribution is -2.69. The third-order valence-corrected chi connectivity index (χ3v) is 31.7. The van der Waals surface area contributed by atoms with Gasteiger partial charge in [0.25, 0.3) is 0 Å². The fourth-order valence-electron chi connectivity index (χ4n) is 23.2. The van der Waals surface area contributed by atoms with Crippen molar-refractivity contribution in [3.8, 4) is 0 Å². The first kappa shape index (κ1) is 106. The maximum atomic E-state index is 16.4. The van der Waals surface area contributed by atoms with Crippen LogP contribution in [-0.4, -0.2) is 398 Å². The Kier molecular flexibility index (Phi) is 34.2. The number of hydrogen-bond acceptors (Lipinski definition) is 42. The number of hydrogen-bond donors (Lipinski definition) is 20. The van der Waals surface area contributed by atoms with Crippen LogP contribution in [0.15, 0.2) is 11.6 Å². The van der Waals surface area contributed by atoms with Crippen molar-refractivity contribution in [1.29, 1.82) is 0 Å². The molecule has 132 heavy (non-hydrogen) atoms. The van der Waals surface area contributed by atoms with Crippen molar-refractivity contribution in [3.63, 3.8) is 0 Å². The summed E-state index contributed by atoms with van der Waals surface area (Å²) in [6, 6.07) is 0. The molecule has 48 atom stereocenters. The molecule has 7 heterocycles. The van der Waals surface area contributed by atoms with Crippen LogP contribution in [0.4, 0.5) is 0 Å². The molecule has 12 aliphatic rings. The van der Waals surface area contributed by atoms with Gasteiger partial charge in [-0.1, -0.05) is 93.7 Å². The number of carbonyl (C=O) groups is 6. The lowest BCUT2D eigenvalue weighted by molar-refractivity contribution is -0.391. The lowest BCUT2D eigenvalue weighted by atomic mass is 9.33. The van der Waals surface area contributed by atoms with Crippen molar-refractivity contribution in [1.82, 2.24) is 0 Å². The van der Waals surface area contributed by atoms with Crippen LogP contribution in [0.25, 0.3) is 0 Å². The fourth-order valence-corrected chi connectivity index (χ4v) is 23.2. The highest BCUT2D eigenvalue weighted by Gasteiger charge is 2.74. The van der Waals surface area contributed by atoms with E-state index in [2.05, 4.69) is 26.8 Å². The van der Waals surface area contributed by atoms with Crippen molar-refractivity contribution >= 4 is 36.1 Å². The number of aliphatic hydroxyl groups excluding tert-OH is 19. The van der Waals surface area contributed by atoms with Gasteiger partial charge in [0.05, 0.1) is 87.4 Å². The zero-order chi connectivity index (χ0) is 97.2. The summed E-state index contributed by atoms with van der Waals surface area (Å²) in [5.74, 6) is -8.23. The van der Waals surface area contributed by atoms with Gasteiger partial charge in [-0.25, -0.2) is 4.79 Å². The van der Waals surface area contributed by atoms with E-state index in [0.717, 1.165) is 18.8 Å². The number of fused-ring (bicyclic) bond motifs is 7. The summed E-state index contributed by atoms with van der Waals surface area (Å²) in [6.07, 6.45) is -61.9. The quantitative estimate of drug-likeness (QED) is 0.00993. The van der Waals surface area contributed by atoms with E-state index in [0.29, 0.717) is 51.4 Å². The van der Waals surface area contributed by atoms with Crippen molar-refractivity contribution in [3.05, 3.63) is 11.6 Å². The summed E-state index contributed by atoms with van der Waals surface area (Å²) in [6.45, 7) is 20.3. The zero-order valence-electron chi connectivity index (χ0n) is 76.7. The van der Waals surface area contributed by atoms with E-state index in [-0.39, 0.29) is 43.9 Å². The van der Waals surface area contributed by atoms with Gasteiger partial charge in [-0.3, -0.25) is 19.2 Å². The smallest absolute Gasteiger partial charge is 0.335 e. The Morgan fingerprint density at radius 1 is 0.508 bits per heavy atom. The van der Waals surface area contributed by atoms with Crippen molar-refractivity contribution in [2.24, 2.45) is 62.1 Å². The van der Waals surface area contributed by atoms with Crippen molar-refractivity contribution in [2.45, 2.75) is 420 Å². The highest BCUT2D eigenvalue weighted by molar-refractivity contribution is 5.80. The summed E-state index contributed by atoms with van der Waals surface area (Å²) in [5, 5.41) is 221. The Balaban J connectivity index is 0.805. The SMILES string of the molecule is CC[C@H](C)[C@H](C[C@H](O)CC(=O)O[C@@H]1[C@H](OC(C)=O)[C@@H](O[C@@H]2O[C@@H](C)[C@H](O[C@@H]3OC[C@@H](O)[C@H](O)[C@H]3O)[C@@H](O)[C@H]2O)[C@H](OC(=O)[C@]23CCC(C)(C)C[C@H]2C2=CC[C@@H]4[C@@]5(C)CC[C@H](O[C@@H]6O[C@H](C(=O)O)[C@@H](O)[C@H](O[C@@H]7OC[C@@H](O)[C@H](O)[C@H]7O)[C@H]6O[C@@H]6O[C@H](CO)[C@H](O)[C@H](O)[C@H]6O)[C@@](C)(C=O)[C@@H]5CC[C@@]4(C)[C@]2(C)C[C@H]3O)O[C@@H]1C)OC(=O)C[C@@H](O)C[C@H](O[C@@H]1O[C@@H](CO)[C@H](O)[C@H]1O)[C@@H](C)CC. The predicted octanol–water partition coefficient (Wildman–Crippen LogP) is -3.58. The summed E-state index contributed by atoms with van der Waals surface area (Å²) in [4.78, 5) is 86.0. The molecule has 0 bridgehead atoms. The van der Waals surface area contributed by atoms with Gasteiger partial charge in [0.1, 0.15) is 134 Å². The van der Waals surface area contributed by atoms with E-state index < -0.39 is 353 Å². The Labute approximate surface area is 764 Å². The Morgan fingerprint density at radius 3 is 1.61 bits per heavy atom. The molecule has 12 rings (SSSR count). The van der Waals surface area contributed by atoms with Crippen molar-refractivity contribution < 1.29 is 211 Å². The molecule has 5 aliphatic carbocycles. The summed E-state index contributed by atoms with van der Waals surface area (Å²) < 4.78 is 103. The Morgan fingerprint density at radius 2 is 1.02 bits per heavy atom. The molecule has 0 radical (unpaired) electrons. The number of ether oxygens (including phenoxy) is 17. The minimum Gasteiger partial charge on any atom is -0.479 e. The summed E-state index contributed by atoms with van der Waals surface area (Å²) in [5.41, 5.74) is -5.49. The summed E-state index contributed by atoms with van der Waals surface area (Å²) in [7, 11) is 0. The summed E-state index contributed by atoms with van der Waals surface area (Å²) >= 11 is 0. The van der Waals surface area contributed by atoms with Gasteiger partial charge in [0.2, 0.25) is 6.29 Å². The molecule has 756 valence electrons. The van der Waals surface area contributed by atoms with Crippen LogP contribution in [0.2, 0.25) is 0 Å². The molecule has 0 spiro atoms. The highest BCUT2D eigenvalue weighted by Crippen LogP contribution is 2.76. The maximum Gasteiger partial charge on any atom is 0.335 e. The second kappa shape index (κ2) is 42.5. The number of rotatable bonds is 33. The van der Waals surface area contributed by atoms with E-state index in [1.54, 1.807) is 20.8 Å². The third-order valence-electron chi connectivity index (χ3n) is 31.7. The standard InChI is InChI=1S/C89H142O43/c1-14-35(3)46(121-54(99)26-41(95)25-47(36(4)15-2)122-79-64(109)59(104)49(31-91)123-79)24-40(94)27-55(100)126-69-38(6)119-81(74(72(69)120-39(7)93)131-78-66(111)61(106)68(37(5)118-78)127-76-62(107)56(101)44(96)32-116-76)132-83(115)89-23-22-84(8,9)28-43(89)42-16-17-51-85(10)20-19-53(86(11,34-92)50(85)18-21-87(51,12)88(42,13)29-52(89)98)125-82-73(130-80-65(110)60(105)58(103)48(30-90)124-80)70(67(112)71(129-82)75(113)114)128-77-63(108)57(102)45(97)33-117-77/h16,34-38,40-41,43-53,56-74,76-82,90-91,94-98,101-112H,14-15,17-33H2,1-13H3,(H,113,114)/t35-,36-,37-,38+,40-,41-,43-,44+,45+,46-,47-,48+,49-,50+,51+,52+,53-,56-,57-,58-,59-,60-,61-,62+,63+,64+,65+,66+,67-,68-,69-,70-,71-,72-,73+,74+,76-,77-,78-,79+,80-,81-,82+,85-,86-,87+,88+,89+/m0/s1.